The number of carbonyl (C=O) groups excluding carboxylic acids is 1. The Morgan fingerprint density at radius 2 is 2.21 bits per heavy atom. The van der Waals surface area contributed by atoms with E-state index in [1.54, 1.807) is 18.5 Å². The van der Waals surface area contributed by atoms with Gasteiger partial charge in [0.1, 0.15) is 0 Å². The average Bonchev–Trinajstić information content (AvgIpc) is 2.01. The van der Waals surface area contributed by atoms with Crippen molar-refractivity contribution >= 4 is 12.3 Å². The summed E-state index contributed by atoms with van der Waals surface area (Å²) in [7, 11) is 0. The third-order valence-electron chi connectivity index (χ3n) is 1.76. The Morgan fingerprint density at radius 3 is 2.71 bits per heavy atom. The smallest absolute Gasteiger partial charge is 0.333 e. The van der Waals surface area contributed by atoms with E-state index in [0.29, 0.717) is 0 Å². The fourth-order valence-electron chi connectivity index (χ4n) is 1.19. The Balaban J connectivity index is 2.77. The van der Waals surface area contributed by atoms with Crippen LogP contribution in [0.15, 0.2) is 17.3 Å². The number of nitrogens with two attached hydrogens (primary N) is 1. The second kappa shape index (κ2) is 3.69. The first-order valence-corrected chi connectivity index (χ1v) is 4.37. The number of carbonyl (C=O) groups is 1. The molecule has 14 heavy (non-hydrogen) atoms. The number of nitrogens with zero attached hydrogens (tertiary/aromatic N) is 2. The number of allylic oxidation sites excluding steroid dienone is 1. The summed E-state index contributed by atoms with van der Waals surface area (Å²) in [6.07, 6.45) is 3.93. The molecule has 78 valence electrons. The highest BCUT2D eigenvalue weighted by molar-refractivity contribution is 5.72. The summed E-state index contributed by atoms with van der Waals surface area (Å²) in [5.41, 5.74) is 4.81. The molecule has 0 aromatic carbocycles. The fraction of sp³-hybridized carbons (Fsp3) is 0.556. The lowest BCUT2D eigenvalue weighted by Gasteiger charge is -2.35. The number of amides is 1. The van der Waals surface area contributed by atoms with E-state index in [-0.39, 0.29) is 11.6 Å². The predicted molar refractivity (Wildman–Crippen MR) is 53.4 cm³/mol. The molecule has 1 heterocycles. The number of hydrogen-bond acceptors (Lipinski definition) is 4. The standard InChI is InChI=1S/C9H15N3O2/c1-9(2,3)7-11-5-4-6-12(7)14-8(10)13/h4-7H,1-3H3,(H2,10,13). The van der Waals surface area contributed by atoms with Crippen molar-refractivity contribution in [2.24, 2.45) is 16.1 Å². The van der Waals surface area contributed by atoms with E-state index in [1.165, 1.54) is 5.06 Å². The third-order valence-corrected chi connectivity index (χ3v) is 1.76. The van der Waals surface area contributed by atoms with E-state index < -0.39 is 6.09 Å². The Labute approximate surface area is 83.2 Å². The second-order valence-corrected chi connectivity index (χ2v) is 4.15. The van der Waals surface area contributed by atoms with Crippen molar-refractivity contribution in [3.63, 3.8) is 0 Å². The molecule has 1 rings (SSSR count). The Kier molecular flexibility index (Phi) is 2.78. The molecule has 0 bridgehead atoms. The van der Waals surface area contributed by atoms with Crippen LogP contribution >= 0.6 is 0 Å². The zero-order chi connectivity index (χ0) is 10.8. The van der Waals surface area contributed by atoms with Gasteiger partial charge in [0.15, 0.2) is 6.17 Å². The molecule has 1 amide bonds. The summed E-state index contributed by atoms with van der Waals surface area (Å²) in [4.78, 5) is 19.6. The molecule has 5 nitrogen and oxygen atoms in total. The van der Waals surface area contributed by atoms with Crippen LogP contribution in [-0.4, -0.2) is 23.5 Å². The van der Waals surface area contributed by atoms with Crippen molar-refractivity contribution < 1.29 is 9.63 Å². The third kappa shape index (κ3) is 2.48. The van der Waals surface area contributed by atoms with Crippen LogP contribution in [0.25, 0.3) is 0 Å². The molecule has 5 heteroatoms. The topological polar surface area (TPSA) is 67.9 Å². The lowest BCUT2D eigenvalue weighted by atomic mass is 9.92. The molecule has 0 aromatic rings. The minimum absolute atomic E-state index is 0.128. The van der Waals surface area contributed by atoms with E-state index in [0.717, 1.165) is 0 Å². The number of hydrogen-bond donors (Lipinski definition) is 1. The fourth-order valence-corrected chi connectivity index (χ4v) is 1.19. The van der Waals surface area contributed by atoms with Crippen LogP contribution < -0.4 is 5.73 Å². The van der Waals surface area contributed by atoms with Crippen LogP contribution in [0, 0.1) is 5.41 Å². The number of primary amides is 1. The maximum atomic E-state index is 10.6. The molecule has 1 unspecified atom stereocenters. The largest absolute Gasteiger partial charge is 0.429 e. The highest BCUT2D eigenvalue weighted by Crippen LogP contribution is 2.27. The van der Waals surface area contributed by atoms with Gasteiger partial charge in [-0.1, -0.05) is 20.8 Å². The number of aliphatic imine (C=N–C) groups is 1. The first kappa shape index (κ1) is 10.6. The van der Waals surface area contributed by atoms with Crippen LogP contribution in [0.5, 0.6) is 0 Å². The molecule has 1 aliphatic rings. The highest BCUT2D eigenvalue weighted by Gasteiger charge is 2.31. The molecule has 0 aromatic heterocycles. The summed E-state index contributed by atoms with van der Waals surface area (Å²) < 4.78 is 0. The normalized spacial score (nSPS) is 21.1. The maximum Gasteiger partial charge on any atom is 0.429 e. The molecule has 0 spiro atoms. The van der Waals surface area contributed by atoms with E-state index in [9.17, 15) is 4.79 Å². The van der Waals surface area contributed by atoms with Gasteiger partial charge in [0.25, 0.3) is 0 Å². The van der Waals surface area contributed by atoms with Crippen LogP contribution in [0.2, 0.25) is 0 Å². The number of rotatable bonds is 1. The van der Waals surface area contributed by atoms with Gasteiger partial charge in [-0.2, -0.15) is 5.06 Å². The SMILES string of the molecule is CC(C)(C)C1N=CC=CN1OC(N)=O. The monoisotopic (exact) mass is 197 g/mol. The minimum Gasteiger partial charge on any atom is -0.333 e. The van der Waals surface area contributed by atoms with Crippen molar-refractivity contribution in [3.05, 3.63) is 12.3 Å². The van der Waals surface area contributed by atoms with Crippen LogP contribution in [0.3, 0.4) is 0 Å². The lowest BCUT2D eigenvalue weighted by molar-refractivity contribution is -0.111. The van der Waals surface area contributed by atoms with Crippen molar-refractivity contribution in [3.8, 4) is 0 Å². The van der Waals surface area contributed by atoms with Gasteiger partial charge in [-0.15, -0.1) is 0 Å². The van der Waals surface area contributed by atoms with Gasteiger partial charge in [0, 0.05) is 17.8 Å². The minimum atomic E-state index is -0.832. The summed E-state index contributed by atoms with van der Waals surface area (Å²) in [5, 5.41) is 1.36. The number of hydroxylamine groups is 2. The van der Waals surface area contributed by atoms with Crippen molar-refractivity contribution in [1.82, 2.24) is 5.06 Å². The van der Waals surface area contributed by atoms with E-state index in [4.69, 9.17) is 10.6 Å². The zero-order valence-electron chi connectivity index (χ0n) is 8.60. The Bertz CT molecular complexity index is 278. The highest BCUT2D eigenvalue weighted by atomic mass is 16.7. The molecular formula is C9H15N3O2. The summed E-state index contributed by atoms with van der Waals surface area (Å²) >= 11 is 0. The van der Waals surface area contributed by atoms with Crippen molar-refractivity contribution in [1.29, 1.82) is 0 Å². The molecule has 0 saturated carbocycles. The molecule has 0 radical (unpaired) electrons. The van der Waals surface area contributed by atoms with Crippen LogP contribution in [0.4, 0.5) is 4.79 Å². The quantitative estimate of drug-likeness (QED) is 0.688. The lowest BCUT2D eigenvalue weighted by Crippen LogP contribution is -2.43. The van der Waals surface area contributed by atoms with Gasteiger partial charge in [0.2, 0.25) is 0 Å². The van der Waals surface area contributed by atoms with Crippen LogP contribution in [0.1, 0.15) is 20.8 Å². The first-order chi connectivity index (χ1) is 6.41. The zero-order valence-corrected chi connectivity index (χ0v) is 8.60. The van der Waals surface area contributed by atoms with E-state index in [2.05, 4.69) is 4.99 Å². The van der Waals surface area contributed by atoms with E-state index in [1.807, 2.05) is 20.8 Å². The van der Waals surface area contributed by atoms with Crippen molar-refractivity contribution in [2.45, 2.75) is 26.9 Å². The molecule has 2 N–H and O–H groups in total. The Morgan fingerprint density at radius 1 is 1.57 bits per heavy atom. The van der Waals surface area contributed by atoms with Gasteiger partial charge in [0.05, 0.1) is 0 Å². The predicted octanol–water partition coefficient (Wildman–Crippen LogP) is 1.27. The Hall–Kier alpha value is -1.52. The molecule has 0 aliphatic carbocycles. The van der Waals surface area contributed by atoms with Gasteiger partial charge in [-0.25, -0.2) is 4.79 Å². The first-order valence-electron chi connectivity index (χ1n) is 4.37. The van der Waals surface area contributed by atoms with Gasteiger partial charge >= 0.3 is 6.09 Å². The summed E-state index contributed by atoms with van der Waals surface area (Å²) in [6, 6.07) is 0. The molecule has 0 saturated heterocycles. The molecule has 1 atom stereocenters. The second-order valence-electron chi connectivity index (χ2n) is 4.15. The van der Waals surface area contributed by atoms with Crippen LogP contribution in [-0.2, 0) is 4.84 Å². The van der Waals surface area contributed by atoms with Gasteiger partial charge in [-0.3, -0.25) is 4.99 Å². The maximum absolute atomic E-state index is 10.6. The van der Waals surface area contributed by atoms with Gasteiger partial charge in [-0.05, 0) is 6.08 Å². The average molecular weight is 197 g/mol. The summed E-state index contributed by atoms with van der Waals surface area (Å²) in [6.45, 7) is 6.02. The molecule has 0 fully saturated rings. The van der Waals surface area contributed by atoms with Gasteiger partial charge < -0.3 is 10.6 Å². The molecule has 1 aliphatic heterocycles. The molecular weight excluding hydrogens is 182 g/mol. The summed E-state index contributed by atoms with van der Waals surface area (Å²) in [5.74, 6) is 0. The van der Waals surface area contributed by atoms with Crippen molar-refractivity contribution in [2.75, 3.05) is 0 Å². The van der Waals surface area contributed by atoms with E-state index >= 15 is 0 Å².